The Morgan fingerprint density at radius 3 is 0.315 bits per heavy atom. The van der Waals surface area contributed by atoms with Crippen LogP contribution < -0.4 is 4.66 Å². The molecule has 0 aliphatic heterocycles. The van der Waals surface area contributed by atoms with Crippen molar-refractivity contribution in [3.8, 4) is 0 Å². The van der Waals surface area contributed by atoms with Crippen molar-refractivity contribution in [3.63, 3.8) is 0 Å². The van der Waals surface area contributed by atoms with E-state index in [9.17, 15) is 27.4 Å². The van der Waals surface area contributed by atoms with Gasteiger partial charge in [-0.05, 0) is 0 Å². The van der Waals surface area contributed by atoms with Gasteiger partial charge in [-0.25, -0.2) is 27.4 Å². The predicted molar refractivity (Wildman–Crippen MR) is 178 cm³/mol. The molecule has 0 aliphatic rings. The van der Waals surface area contributed by atoms with E-state index in [0.717, 1.165) is 0 Å². The Balaban J connectivity index is -0.0000000763. The van der Waals surface area contributed by atoms with Gasteiger partial charge < -0.3 is 0 Å². The van der Waals surface area contributed by atoms with Crippen LogP contribution in [-0.2, 0) is 126 Å². The van der Waals surface area contributed by atoms with Crippen LogP contribution in [0.2, 0.25) is 0 Å². The summed E-state index contributed by atoms with van der Waals surface area (Å²) in [5, 5.41) is 0. The molecule has 0 aromatic rings. The van der Waals surface area contributed by atoms with Crippen molar-refractivity contribution in [2.45, 2.75) is 0 Å². The molecule has 1 radical (unpaired) electrons. The molecule has 0 saturated carbocycles. The van der Waals surface area contributed by atoms with Crippen LogP contribution in [0.25, 0.3) is 0 Å². The predicted octanol–water partition coefficient (Wildman–Crippen LogP) is 3.34. The second-order valence-electron chi connectivity index (χ2n) is 6.40. The molecule has 0 aromatic carbocycles. The molecule has 0 spiro atoms. The summed E-state index contributed by atoms with van der Waals surface area (Å²) >= 11 is 0. The summed E-state index contributed by atoms with van der Waals surface area (Å²) in [6.07, 6.45) is 0. The van der Waals surface area contributed by atoms with Crippen LogP contribution in [-0.4, -0.2) is 142 Å². The number of phosphoric ester groups is 6. The summed E-state index contributed by atoms with van der Waals surface area (Å²) in [4.78, 5) is 0. The molecule has 0 amide bonds. The molecular formula is C18H57ClMnO28P6+2. The van der Waals surface area contributed by atoms with Crippen molar-refractivity contribution in [2.75, 3.05) is 128 Å². The van der Waals surface area contributed by atoms with E-state index in [1.54, 1.807) is 0 Å². The zero-order chi connectivity index (χ0) is 44.2. The van der Waals surface area contributed by atoms with E-state index in [4.69, 9.17) is 18.6 Å². The van der Waals surface area contributed by atoms with E-state index in [1.165, 1.54) is 128 Å². The van der Waals surface area contributed by atoms with Gasteiger partial charge in [0.15, 0.2) is 0 Å². The summed E-state index contributed by atoms with van der Waals surface area (Å²) < 4.78 is 172. The molecule has 0 saturated heterocycles. The van der Waals surface area contributed by atoms with Gasteiger partial charge in [0.25, 0.3) is 0 Å². The summed E-state index contributed by atoms with van der Waals surface area (Å²) in [6.45, 7) is 0. The molecule has 0 rings (SSSR count). The third kappa shape index (κ3) is 47.7. The fourth-order valence-electron chi connectivity index (χ4n) is 1.34. The Labute approximate surface area is 329 Å². The molecule has 0 atom stereocenters. The van der Waals surface area contributed by atoms with Gasteiger partial charge in [0.1, 0.15) is 0 Å². The topological polar surface area (TPSA) is 352 Å². The summed E-state index contributed by atoms with van der Waals surface area (Å²) in [5.74, 6) is 0. The van der Waals surface area contributed by atoms with E-state index in [0.29, 0.717) is 0 Å². The molecule has 0 aromatic heterocycles. The van der Waals surface area contributed by atoms with Crippen LogP contribution in [0.15, 0.2) is 0 Å². The van der Waals surface area contributed by atoms with E-state index in [1.807, 2.05) is 0 Å². The molecule has 339 valence electrons. The van der Waals surface area contributed by atoms with Crippen LogP contribution in [0.3, 0.4) is 0 Å². The molecular weight excluding hydrogens is 940 g/mol. The molecule has 0 heterocycles. The van der Waals surface area contributed by atoms with Gasteiger partial charge in [0, 0.05) is 128 Å². The Morgan fingerprint density at radius 2 is 0.315 bits per heavy atom. The van der Waals surface area contributed by atoms with Crippen LogP contribution in [0.5, 0.6) is 0 Å². The molecule has 0 fully saturated rings. The van der Waals surface area contributed by atoms with Crippen LogP contribution in [0, 0.1) is 10.2 Å². The van der Waals surface area contributed by atoms with Crippen LogP contribution >= 0.6 is 46.9 Å². The molecule has 0 unspecified atom stereocenters. The second-order valence-corrected chi connectivity index (χ2v) is 19.2. The third-order valence-corrected chi connectivity index (χ3v) is 12.1. The fourth-order valence-corrected chi connectivity index (χ4v) is 4.02. The molecule has 36 heteroatoms. The minimum absolute atomic E-state index is 0. The van der Waals surface area contributed by atoms with Crippen molar-refractivity contribution in [1.82, 2.24) is 0 Å². The Kier molecular flexibility index (Phi) is 55.4. The molecule has 0 bridgehead atoms. The van der Waals surface area contributed by atoms with Gasteiger partial charge in [-0.3, -0.25) is 81.4 Å². The zero-order valence-electron chi connectivity index (χ0n) is 33.0. The van der Waals surface area contributed by atoms with Crippen LogP contribution in [0.1, 0.15) is 0 Å². The minimum atomic E-state index is -4.19. The van der Waals surface area contributed by atoms with E-state index >= 15 is 0 Å². The normalized spacial score (nSPS) is 12.0. The van der Waals surface area contributed by atoms with Gasteiger partial charge in [-0.15, -0.1) is 0 Å². The summed E-state index contributed by atoms with van der Waals surface area (Å²) in [7, 11) is -0.528. The van der Waals surface area contributed by atoms with Crippen molar-refractivity contribution in [2.24, 2.45) is 0 Å². The first-order chi connectivity index (χ1) is 24.1. The van der Waals surface area contributed by atoms with Crippen molar-refractivity contribution < 1.29 is 155 Å². The van der Waals surface area contributed by atoms with Gasteiger partial charge >= 0.3 is 92.9 Å². The first kappa shape index (κ1) is 72.9. The standard InChI is InChI=1S/6C3H9O4P.ClH3O4.Mn/c6*1-5-8(4,6-2)7-3;2-1(3,4)5;/h6*1-3H3;2-4H;/q;;;;;;;+2. The number of halogens is 1. The van der Waals surface area contributed by atoms with Crippen LogP contribution in [0.4, 0.5) is 0 Å². The van der Waals surface area contributed by atoms with Gasteiger partial charge in [0.2, 0.25) is 0 Å². The monoisotopic (exact) mass is 997 g/mol. The number of hydrogen-bond acceptors (Lipinski definition) is 28. The molecule has 28 nitrogen and oxygen atoms in total. The van der Waals surface area contributed by atoms with E-state index < -0.39 is 57.2 Å². The van der Waals surface area contributed by atoms with Gasteiger partial charge in [-0.2, -0.15) is 0 Å². The first-order valence-corrected chi connectivity index (χ1v) is 22.5. The summed E-state index contributed by atoms with van der Waals surface area (Å²) in [5.41, 5.74) is 0. The summed E-state index contributed by atoms with van der Waals surface area (Å²) in [6, 6.07) is 0. The Hall–Kier alpha value is 1.31. The molecule has 54 heavy (non-hydrogen) atoms. The second kappa shape index (κ2) is 41.1. The fraction of sp³-hybridized carbons (Fsp3) is 1.00. The Morgan fingerprint density at radius 1 is 0.278 bits per heavy atom. The SMILES string of the molecule is COP(=O)(OC)OC.COP(=O)(OC)OC.COP(=O)(OC)OC.COP(=O)(OC)OC.COP(=O)(OC)OC.COP(=O)(OC)OC.[Mn+2].[O-][Cl+](O)(O)O. The first-order valence-electron chi connectivity index (χ1n) is 12.4. The third-order valence-electron chi connectivity index (χ3n) is 4.02. The quantitative estimate of drug-likeness (QED) is 0.131. The zero-order valence-corrected chi connectivity index (χ0v) is 40.3. The number of hydrogen-bond donors (Lipinski definition) is 3. The molecule has 3 N–H and O–H groups in total. The van der Waals surface area contributed by atoms with Gasteiger partial charge in [0.05, 0.1) is 0 Å². The average Bonchev–Trinajstić information content (AvgIpc) is 3.19. The maximum absolute atomic E-state index is 10.7. The van der Waals surface area contributed by atoms with Crippen molar-refractivity contribution >= 4 is 46.9 Å². The number of phosphoric acid groups is 6. The Bertz CT molecular complexity index is 792. The van der Waals surface area contributed by atoms with Crippen molar-refractivity contribution in [3.05, 3.63) is 0 Å². The van der Waals surface area contributed by atoms with E-state index in [2.05, 4.69) is 81.4 Å². The average molecular weight is 998 g/mol. The maximum atomic E-state index is 10.7. The number of rotatable bonds is 18. The van der Waals surface area contributed by atoms with E-state index in [-0.39, 0.29) is 17.1 Å². The molecule has 0 aliphatic carbocycles. The van der Waals surface area contributed by atoms with Gasteiger partial charge in [-0.1, -0.05) is 0 Å². The van der Waals surface area contributed by atoms with Crippen molar-refractivity contribution in [1.29, 1.82) is 0 Å².